The van der Waals surface area contributed by atoms with Gasteiger partial charge in [0.2, 0.25) is 0 Å². The number of likely N-dealkylation sites (tertiary alicyclic amines) is 1. The summed E-state index contributed by atoms with van der Waals surface area (Å²) in [4.78, 5) is 2.57. The molecule has 0 bridgehead atoms. The minimum atomic E-state index is 0.225. The van der Waals surface area contributed by atoms with Gasteiger partial charge in [-0.3, -0.25) is 4.90 Å². The van der Waals surface area contributed by atoms with Gasteiger partial charge < -0.3 is 5.11 Å². The maximum absolute atomic E-state index is 9.12. The van der Waals surface area contributed by atoms with Crippen LogP contribution in [0.1, 0.15) is 53.4 Å². The van der Waals surface area contributed by atoms with E-state index >= 15 is 0 Å². The molecule has 2 heteroatoms. The Hall–Kier alpha value is -0.0800. The lowest BCUT2D eigenvalue weighted by molar-refractivity contribution is -0.0852. The first kappa shape index (κ1) is 13.0. The van der Waals surface area contributed by atoms with Crippen molar-refractivity contribution in [2.45, 2.75) is 58.9 Å². The van der Waals surface area contributed by atoms with Crippen molar-refractivity contribution < 1.29 is 5.11 Å². The van der Waals surface area contributed by atoms with Gasteiger partial charge in [-0.2, -0.15) is 0 Å². The van der Waals surface area contributed by atoms with Gasteiger partial charge in [0, 0.05) is 25.2 Å². The predicted molar refractivity (Wildman–Crippen MR) is 65.0 cm³/mol. The molecule has 1 atom stereocenters. The molecular weight excluding hydrogens is 186 g/mol. The molecule has 0 saturated carbocycles. The Morgan fingerprint density at radius 1 is 1.20 bits per heavy atom. The Labute approximate surface area is 94.7 Å². The number of hydrogen-bond donors (Lipinski definition) is 1. The van der Waals surface area contributed by atoms with Crippen molar-refractivity contribution in [2.75, 3.05) is 19.7 Å². The van der Waals surface area contributed by atoms with Gasteiger partial charge in [0.1, 0.15) is 0 Å². The molecular formula is C13H27NO. The highest BCUT2D eigenvalue weighted by Crippen LogP contribution is 2.42. The van der Waals surface area contributed by atoms with Crippen LogP contribution in [0, 0.1) is 5.41 Å². The van der Waals surface area contributed by atoms with E-state index in [4.69, 9.17) is 5.11 Å². The molecule has 90 valence electrons. The van der Waals surface area contributed by atoms with E-state index in [0.29, 0.717) is 12.0 Å². The zero-order chi connectivity index (χ0) is 11.5. The molecule has 0 aliphatic carbocycles. The third kappa shape index (κ3) is 2.36. The standard InChI is InChI=1S/C13H27NO/c1-5-12(4,8-9-15)14-10-13(6-2,7-3)11-14/h15H,5-11H2,1-4H3. The van der Waals surface area contributed by atoms with Crippen LogP contribution in [0.15, 0.2) is 0 Å². The third-order valence-electron chi connectivity index (χ3n) is 4.73. The van der Waals surface area contributed by atoms with E-state index in [0.717, 1.165) is 12.8 Å². The molecule has 0 amide bonds. The fourth-order valence-electron chi connectivity index (χ4n) is 2.64. The molecule has 1 aliphatic rings. The highest BCUT2D eigenvalue weighted by atomic mass is 16.3. The van der Waals surface area contributed by atoms with Gasteiger partial charge in [0.05, 0.1) is 0 Å². The van der Waals surface area contributed by atoms with Crippen molar-refractivity contribution in [2.24, 2.45) is 5.41 Å². The largest absolute Gasteiger partial charge is 0.396 e. The van der Waals surface area contributed by atoms with E-state index in [9.17, 15) is 0 Å². The van der Waals surface area contributed by atoms with E-state index in [1.807, 2.05) is 0 Å². The van der Waals surface area contributed by atoms with Crippen molar-refractivity contribution in [1.82, 2.24) is 4.90 Å². The Bertz CT molecular complexity index is 193. The van der Waals surface area contributed by atoms with Crippen molar-refractivity contribution in [3.8, 4) is 0 Å². The molecule has 0 aromatic heterocycles. The molecule has 1 heterocycles. The fourth-order valence-corrected chi connectivity index (χ4v) is 2.64. The second-order valence-corrected chi connectivity index (χ2v) is 5.39. The lowest BCUT2D eigenvalue weighted by Gasteiger charge is -2.57. The van der Waals surface area contributed by atoms with Crippen LogP contribution in [0.2, 0.25) is 0 Å². The molecule has 1 rings (SSSR count). The third-order valence-corrected chi connectivity index (χ3v) is 4.73. The molecule has 15 heavy (non-hydrogen) atoms. The Balaban J connectivity index is 2.54. The summed E-state index contributed by atoms with van der Waals surface area (Å²) in [6.07, 6.45) is 4.63. The topological polar surface area (TPSA) is 23.5 Å². The molecule has 1 fully saturated rings. The summed E-state index contributed by atoms with van der Waals surface area (Å²) < 4.78 is 0. The molecule has 1 saturated heterocycles. The fraction of sp³-hybridized carbons (Fsp3) is 1.00. The van der Waals surface area contributed by atoms with Crippen LogP contribution in [0.4, 0.5) is 0 Å². The molecule has 0 aromatic rings. The summed E-state index contributed by atoms with van der Waals surface area (Å²) >= 11 is 0. The average Bonchev–Trinajstić information content (AvgIpc) is 2.18. The normalized spacial score (nSPS) is 24.6. The lowest BCUT2D eigenvalue weighted by Crippen LogP contribution is -2.64. The maximum Gasteiger partial charge on any atom is 0.0448 e. The van der Waals surface area contributed by atoms with Crippen molar-refractivity contribution in [3.05, 3.63) is 0 Å². The van der Waals surface area contributed by atoms with Crippen LogP contribution in [0.5, 0.6) is 0 Å². The van der Waals surface area contributed by atoms with E-state index in [2.05, 4.69) is 32.6 Å². The van der Waals surface area contributed by atoms with Crippen molar-refractivity contribution in [1.29, 1.82) is 0 Å². The molecule has 0 spiro atoms. The summed E-state index contributed by atoms with van der Waals surface area (Å²) in [7, 11) is 0. The Morgan fingerprint density at radius 2 is 1.73 bits per heavy atom. The Kier molecular flexibility index (Phi) is 4.19. The van der Waals surface area contributed by atoms with Gasteiger partial charge in [-0.05, 0) is 38.0 Å². The van der Waals surface area contributed by atoms with Crippen LogP contribution in [0.3, 0.4) is 0 Å². The van der Waals surface area contributed by atoms with Crippen LogP contribution in [-0.2, 0) is 0 Å². The quantitative estimate of drug-likeness (QED) is 0.733. The second kappa shape index (κ2) is 4.84. The summed E-state index contributed by atoms with van der Waals surface area (Å²) in [5.41, 5.74) is 0.800. The van der Waals surface area contributed by atoms with Crippen molar-refractivity contribution >= 4 is 0 Å². The molecule has 2 nitrogen and oxygen atoms in total. The summed E-state index contributed by atoms with van der Waals surface area (Å²) in [5, 5.41) is 9.12. The first-order chi connectivity index (χ1) is 7.05. The van der Waals surface area contributed by atoms with Crippen LogP contribution in [0.25, 0.3) is 0 Å². The zero-order valence-electron chi connectivity index (χ0n) is 10.8. The average molecular weight is 213 g/mol. The minimum Gasteiger partial charge on any atom is -0.396 e. The van der Waals surface area contributed by atoms with Gasteiger partial charge >= 0.3 is 0 Å². The molecule has 1 aliphatic heterocycles. The van der Waals surface area contributed by atoms with Crippen molar-refractivity contribution in [3.63, 3.8) is 0 Å². The SMILES string of the molecule is CCC1(CC)CN(C(C)(CC)CCO)C1. The monoisotopic (exact) mass is 213 g/mol. The first-order valence-corrected chi connectivity index (χ1v) is 6.41. The zero-order valence-corrected chi connectivity index (χ0v) is 10.8. The van der Waals surface area contributed by atoms with Gasteiger partial charge in [0.25, 0.3) is 0 Å². The number of aliphatic hydroxyl groups excluding tert-OH is 1. The lowest BCUT2D eigenvalue weighted by atomic mass is 9.71. The highest BCUT2D eigenvalue weighted by molar-refractivity contribution is 5.00. The maximum atomic E-state index is 9.12. The molecule has 1 N–H and O–H groups in total. The smallest absolute Gasteiger partial charge is 0.0448 e. The van der Waals surface area contributed by atoms with E-state index in [1.54, 1.807) is 0 Å². The van der Waals surface area contributed by atoms with E-state index < -0.39 is 0 Å². The van der Waals surface area contributed by atoms with Gasteiger partial charge in [-0.1, -0.05) is 20.8 Å². The minimum absolute atomic E-state index is 0.225. The summed E-state index contributed by atoms with van der Waals surface area (Å²) in [6.45, 7) is 11.9. The highest BCUT2D eigenvalue weighted by Gasteiger charge is 2.46. The van der Waals surface area contributed by atoms with E-state index in [1.165, 1.54) is 25.9 Å². The molecule has 0 radical (unpaired) electrons. The summed E-state index contributed by atoms with van der Waals surface area (Å²) in [6, 6.07) is 0. The number of nitrogens with zero attached hydrogens (tertiary/aromatic N) is 1. The first-order valence-electron chi connectivity index (χ1n) is 6.41. The molecule has 1 unspecified atom stereocenters. The van der Waals surface area contributed by atoms with Gasteiger partial charge in [-0.15, -0.1) is 0 Å². The number of aliphatic hydroxyl groups is 1. The number of rotatable bonds is 6. The summed E-state index contributed by atoms with van der Waals surface area (Å²) in [5.74, 6) is 0. The number of hydrogen-bond acceptors (Lipinski definition) is 2. The van der Waals surface area contributed by atoms with Crippen LogP contribution in [-0.4, -0.2) is 35.2 Å². The van der Waals surface area contributed by atoms with Crippen LogP contribution >= 0.6 is 0 Å². The molecule has 0 aromatic carbocycles. The Morgan fingerprint density at radius 3 is 2.07 bits per heavy atom. The van der Waals surface area contributed by atoms with Crippen LogP contribution < -0.4 is 0 Å². The van der Waals surface area contributed by atoms with E-state index in [-0.39, 0.29) is 5.54 Å². The predicted octanol–water partition coefficient (Wildman–Crippen LogP) is 2.66. The van der Waals surface area contributed by atoms with Gasteiger partial charge in [-0.25, -0.2) is 0 Å². The van der Waals surface area contributed by atoms with Gasteiger partial charge in [0.15, 0.2) is 0 Å². The second-order valence-electron chi connectivity index (χ2n) is 5.39.